The fourth-order valence-electron chi connectivity index (χ4n) is 1.89. The minimum atomic E-state index is -0.0610. The fraction of sp³-hybridized carbons (Fsp3) is 0.917. The molecule has 4 nitrogen and oxygen atoms in total. The van der Waals surface area contributed by atoms with Gasteiger partial charge in [-0.25, -0.2) is 0 Å². The van der Waals surface area contributed by atoms with E-state index in [4.69, 9.17) is 9.47 Å². The maximum atomic E-state index is 11.2. The molecule has 0 saturated heterocycles. The fourth-order valence-corrected chi connectivity index (χ4v) is 1.89. The lowest BCUT2D eigenvalue weighted by atomic mass is 9.98. The predicted molar refractivity (Wildman–Crippen MR) is 62.3 cm³/mol. The normalized spacial score (nSPS) is 17.3. The number of carbonyl (C=O) groups excluding carboxylic acids is 1. The van der Waals surface area contributed by atoms with E-state index >= 15 is 0 Å². The Labute approximate surface area is 97.7 Å². The van der Waals surface area contributed by atoms with E-state index in [1.54, 1.807) is 0 Å². The molecule has 0 radical (unpaired) electrons. The minimum Gasteiger partial charge on any atom is -0.376 e. The van der Waals surface area contributed by atoms with Crippen molar-refractivity contribution in [3.05, 3.63) is 0 Å². The lowest BCUT2D eigenvalue weighted by Crippen LogP contribution is -2.32. The Morgan fingerprint density at radius 2 is 2.06 bits per heavy atom. The molecular weight excluding hydrogens is 206 g/mol. The van der Waals surface area contributed by atoms with E-state index in [2.05, 4.69) is 5.32 Å². The first-order valence-electron chi connectivity index (χ1n) is 6.29. The van der Waals surface area contributed by atoms with E-state index in [9.17, 15) is 4.79 Å². The van der Waals surface area contributed by atoms with Crippen molar-refractivity contribution < 1.29 is 14.3 Å². The van der Waals surface area contributed by atoms with Gasteiger partial charge in [-0.2, -0.15) is 0 Å². The molecule has 1 saturated carbocycles. The molecule has 0 atom stereocenters. The van der Waals surface area contributed by atoms with Gasteiger partial charge >= 0.3 is 0 Å². The summed E-state index contributed by atoms with van der Waals surface area (Å²) in [5.41, 5.74) is 0. The molecule has 1 aliphatic rings. The van der Waals surface area contributed by atoms with Crippen LogP contribution in [0.4, 0.5) is 0 Å². The van der Waals surface area contributed by atoms with E-state index in [0.29, 0.717) is 25.9 Å². The van der Waals surface area contributed by atoms with Gasteiger partial charge in [0.15, 0.2) is 0 Å². The Balaban J connectivity index is 1.92. The number of ether oxygens (including phenoxy) is 2. The molecule has 0 unspecified atom stereocenters. The molecule has 0 bridgehead atoms. The van der Waals surface area contributed by atoms with Crippen molar-refractivity contribution in [3.63, 3.8) is 0 Å². The molecule has 1 fully saturated rings. The number of nitrogens with one attached hydrogen (secondary N) is 1. The molecule has 1 rings (SSSR count). The van der Waals surface area contributed by atoms with Crippen LogP contribution in [0.1, 0.15) is 39.0 Å². The Hall–Kier alpha value is -0.610. The van der Waals surface area contributed by atoms with Gasteiger partial charge in [-0.15, -0.1) is 0 Å². The van der Waals surface area contributed by atoms with Crippen molar-refractivity contribution in [2.24, 2.45) is 0 Å². The number of hydrogen-bond donors (Lipinski definition) is 1. The van der Waals surface area contributed by atoms with E-state index in [0.717, 1.165) is 0 Å². The smallest absolute Gasteiger partial charge is 0.246 e. The molecule has 16 heavy (non-hydrogen) atoms. The van der Waals surface area contributed by atoms with Crippen LogP contribution < -0.4 is 5.32 Å². The summed E-state index contributed by atoms with van der Waals surface area (Å²) in [6.45, 7) is 3.80. The average Bonchev–Trinajstić information content (AvgIpc) is 2.33. The average molecular weight is 229 g/mol. The Morgan fingerprint density at radius 3 is 2.75 bits per heavy atom. The Bertz CT molecular complexity index is 191. The summed E-state index contributed by atoms with van der Waals surface area (Å²) in [7, 11) is 0. The molecule has 0 aliphatic heterocycles. The summed E-state index contributed by atoms with van der Waals surface area (Å²) in [6.07, 6.45) is 6.66. The molecule has 1 aliphatic carbocycles. The van der Waals surface area contributed by atoms with Gasteiger partial charge in [0.1, 0.15) is 6.61 Å². The summed E-state index contributed by atoms with van der Waals surface area (Å²) < 4.78 is 10.7. The maximum absolute atomic E-state index is 11.2. The quantitative estimate of drug-likeness (QED) is 0.673. The molecule has 0 aromatic heterocycles. The second-order valence-corrected chi connectivity index (χ2v) is 4.12. The highest BCUT2D eigenvalue weighted by Gasteiger charge is 2.13. The second kappa shape index (κ2) is 8.53. The number of rotatable bonds is 7. The molecule has 0 spiro atoms. The molecule has 0 heterocycles. The van der Waals surface area contributed by atoms with Crippen LogP contribution in [0.15, 0.2) is 0 Å². The summed E-state index contributed by atoms with van der Waals surface area (Å²) in [5, 5.41) is 2.77. The SMILES string of the molecule is CCOCC(=O)NCCOC1CCCCC1. The number of amides is 1. The van der Waals surface area contributed by atoms with Crippen LogP contribution in [0.5, 0.6) is 0 Å². The minimum absolute atomic E-state index is 0.0610. The van der Waals surface area contributed by atoms with Gasteiger partial charge in [0, 0.05) is 13.2 Å². The first kappa shape index (κ1) is 13.5. The van der Waals surface area contributed by atoms with Crippen LogP contribution in [-0.2, 0) is 14.3 Å². The van der Waals surface area contributed by atoms with Gasteiger partial charge < -0.3 is 14.8 Å². The van der Waals surface area contributed by atoms with Crippen LogP contribution >= 0.6 is 0 Å². The highest BCUT2D eigenvalue weighted by molar-refractivity contribution is 5.77. The van der Waals surface area contributed by atoms with Gasteiger partial charge in [0.25, 0.3) is 0 Å². The van der Waals surface area contributed by atoms with E-state index in [1.807, 2.05) is 6.92 Å². The van der Waals surface area contributed by atoms with Crippen molar-refractivity contribution in [3.8, 4) is 0 Å². The van der Waals surface area contributed by atoms with Crippen molar-refractivity contribution in [1.82, 2.24) is 5.32 Å². The van der Waals surface area contributed by atoms with Gasteiger partial charge in [-0.1, -0.05) is 19.3 Å². The third kappa shape index (κ3) is 6.08. The first-order chi connectivity index (χ1) is 7.83. The summed E-state index contributed by atoms with van der Waals surface area (Å²) in [5.74, 6) is -0.0610. The molecule has 1 amide bonds. The highest BCUT2D eigenvalue weighted by Crippen LogP contribution is 2.19. The van der Waals surface area contributed by atoms with Crippen LogP contribution in [0, 0.1) is 0 Å². The van der Waals surface area contributed by atoms with Crippen LogP contribution in [0.3, 0.4) is 0 Å². The molecule has 94 valence electrons. The van der Waals surface area contributed by atoms with Crippen molar-refractivity contribution in [2.75, 3.05) is 26.4 Å². The zero-order chi connectivity index (χ0) is 11.6. The lowest BCUT2D eigenvalue weighted by molar-refractivity contribution is -0.125. The summed E-state index contributed by atoms with van der Waals surface area (Å²) in [6, 6.07) is 0. The molecule has 0 aromatic rings. The predicted octanol–water partition coefficient (Wildman–Crippen LogP) is 1.49. The summed E-state index contributed by atoms with van der Waals surface area (Å²) in [4.78, 5) is 11.2. The van der Waals surface area contributed by atoms with Crippen molar-refractivity contribution in [2.45, 2.75) is 45.1 Å². The van der Waals surface area contributed by atoms with Gasteiger partial charge in [0.05, 0.1) is 12.7 Å². The summed E-state index contributed by atoms with van der Waals surface area (Å²) >= 11 is 0. The zero-order valence-corrected chi connectivity index (χ0v) is 10.2. The number of carbonyl (C=O) groups is 1. The zero-order valence-electron chi connectivity index (χ0n) is 10.2. The molecule has 4 heteroatoms. The van der Waals surface area contributed by atoms with Crippen LogP contribution in [0.25, 0.3) is 0 Å². The second-order valence-electron chi connectivity index (χ2n) is 4.12. The Morgan fingerprint density at radius 1 is 1.31 bits per heavy atom. The van der Waals surface area contributed by atoms with Gasteiger partial charge in [-0.05, 0) is 19.8 Å². The van der Waals surface area contributed by atoms with Gasteiger partial charge in [0.2, 0.25) is 5.91 Å². The standard InChI is InChI=1S/C12H23NO3/c1-2-15-10-12(14)13-8-9-16-11-6-4-3-5-7-11/h11H,2-10H2,1H3,(H,13,14). The monoisotopic (exact) mass is 229 g/mol. The molecule has 1 N–H and O–H groups in total. The highest BCUT2D eigenvalue weighted by atomic mass is 16.5. The van der Waals surface area contributed by atoms with Crippen molar-refractivity contribution >= 4 is 5.91 Å². The van der Waals surface area contributed by atoms with Crippen LogP contribution in [-0.4, -0.2) is 38.4 Å². The third-order valence-electron chi connectivity index (χ3n) is 2.77. The third-order valence-corrected chi connectivity index (χ3v) is 2.77. The Kier molecular flexibility index (Phi) is 7.17. The largest absolute Gasteiger partial charge is 0.376 e. The van der Waals surface area contributed by atoms with Crippen molar-refractivity contribution in [1.29, 1.82) is 0 Å². The topological polar surface area (TPSA) is 47.6 Å². The van der Waals surface area contributed by atoms with Crippen LogP contribution in [0.2, 0.25) is 0 Å². The van der Waals surface area contributed by atoms with E-state index < -0.39 is 0 Å². The van der Waals surface area contributed by atoms with E-state index in [1.165, 1.54) is 32.1 Å². The lowest BCUT2D eigenvalue weighted by Gasteiger charge is -2.21. The first-order valence-corrected chi connectivity index (χ1v) is 6.29. The number of hydrogen-bond acceptors (Lipinski definition) is 3. The maximum Gasteiger partial charge on any atom is 0.246 e. The molecule has 0 aromatic carbocycles. The van der Waals surface area contributed by atoms with E-state index in [-0.39, 0.29) is 12.5 Å². The van der Waals surface area contributed by atoms with Gasteiger partial charge in [-0.3, -0.25) is 4.79 Å². The molecular formula is C12H23NO3.